The number of benzene rings is 1. The van der Waals surface area contributed by atoms with Gasteiger partial charge < -0.3 is 0 Å². The van der Waals surface area contributed by atoms with E-state index in [0.29, 0.717) is 5.56 Å². The second-order valence-electron chi connectivity index (χ2n) is 6.54. The van der Waals surface area contributed by atoms with Crippen LogP contribution in [0.1, 0.15) is 16.7 Å². The minimum Gasteiger partial charge on any atom is -0.266 e. The van der Waals surface area contributed by atoms with Crippen LogP contribution in [-0.2, 0) is 15.6 Å². The molecule has 1 amide bonds. The van der Waals surface area contributed by atoms with Crippen LogP contribution in [0.2, 0.25) is 0 Å². The number of hydrogen-bond donors (Lipinski definition) is 0. The number of aromatic nitrogens is 1. The molecule has 0 spiro atoms. The quantitative estimate of drug-likeness (QED) is 0.665. The normalized spacial score (nSPS) is 16.9. The average Bonchev–Trinajstić information content (AvgIpc) is 3.11. The van der Waals surface area contributed by atoms with Gasteiger partial charge in [0.05, 0.1) is 10.8 Å². The van der Waals surface area contributed by atoms with Crippen LogP contribution in [0.3, 0.4) is 0 Å². The second kappa shape index (κ2) is 7.69. The number of carbonyl (C=O) groups excluding carboxylic acids is 1. The Morgan fingerprint density at radius 2 is 1.87 bits per heavy atom. The second-order valence-corrected chi connectivity index (χ2v) is 7.96. The van der Waals surface area contributed by atoms with Gasteiger partial charge in [0, 0.05) is 28.4 Å². The molecule has 12 heteroatoms. The molecule has 1 aromatic carbocycles. The van der Waals surface area contributed by atoms with Crippen molar-refractivity contribution in [3.05, 3.63) is 64.7 Å². The predicted octanol–water partition coefficient (Wildman–Crippen LogP) is 3.76. The molecule has 0 saturated carbocycles. The van der Waals surface area contributed by atoms with Crippen LogP contribution in [-0.4, -0.2) is 38.7 Å². The number of carbonyl (C=O) groups is 1. The van der Waals surface area contributed by atoms with Crippen molar-refractivity contribution < 1.29 is 26.6 Å². The van der Waals surface area contributed by atoms with Gasteiger partial charge in [0.25, 0.3) is 5.91 Å². The Labute approximate surface area is 174 Å². The summed E-state index contributed by atoms with van der Waals surface area (Å²) in [5.74, 6) is -3.29. The lowest BCUT2D eigenvalue weighted by Crippen LogP contribution is -2.19. The van der Waals surface area contributed by atoms with Crippen LogP contribution in [0.4, 0.5) is 17.6 Å². The number of aryl methyl sites for hydroxylation is 1. The summed E-state index contributed by atoms with van der Waals surface area (Å²) in [4.78, 5) is 24.3. The van der Waals surface area contributed by atoms with E-state index in [1.807, 2.05) is 0 Å². The Kier molecular flexibility index (Phi) is 5.17. The highest BCUT2D eigenvalue weighted by Crippen LogP contribution is 2.34. The molecule has 0 fully saturated rings. The van der Waals surface area contributed by atoms with Gasteiger partial charge in [0.2, 0.25) is 0 Å². The Morgan fingerprint density at radius 1 is 1.10 bits per heavy atom. The molecule has 2 aromatic rings. The number of alkyl halides is 3. The Bertz CT molecular complexity index is 1250. The number of amides is 1. The number of fused-ring (bicyclic) bond motifs is 1. The molecule has 2 aliphatic rings. The number of halogens is 4. The largest absolute Gasteiger partial charge is 0.400 e. The summed E-state index contributed by atoms with van der Waals surface area (Å²) in [5.41, 5.74) is -0.209. The number of pyridine rings is 1. The first-order chi connectivity index (χ1) is 14.6. The maximum atomic E-state index is 14.7. The Morgan fingerprint density at radius 3 is 2.55 bits per heavy atom. The van der Waals surface area contributed by atoms with E-state index < -0.39 is 34.5 Å². The zero-order valence-corrected chi connectivity index (χ0v) is 16.5. The van der Waals surface area contributed by atoms with Crippen LogP contribution in [0, 0.1) is 12.7 Å². The number of nitrogens with zero attached hydrogens (tertiary/aromatic N) is 5. The van der Waals surface area contributed by atoms with Gasteiger partial charge in [-0.2, -0.15) is 18.2 Å². The van der Waals surface area contributed by atoms with Crippen molar-refractivity contribution in [2.24, 2.45) is 20.2 Å². The van der Waals surface area contributed by atoms with Crippen LogP contribution in [0.25, 0.3) is 5.70 Å². The number of rotatable bonds is 4. The van der Waals surface area contributed by atoms with E-state index in [0.717, 1.165) is 12.1 Å². The number of hydrogen-bond acceptors (Lipinski definition) is 6. The predicted molar refractivity (Wildman–Crippen MR) is 103 cm³/mol. The van der Waals surface area contributed by atoms with Gasteiger partial charge in [-0.25, -0.2) is 9.38 Å². The molecule has 0 radical (unpaired) electrons. The van der Waals surface area contributed by atoms with E-state index in [1.54, 1.807) is 12.1 Å². The van der Waals surface area contributed by atoms with Gasteiger partial charge in [0.1, 0.15) is 22.8 Å². The third kappa shape index (κ3) is 4.10. The topological polar surface area (TPSA) is 96.5 Å². The highest BCUT2D eigenvalue weighted by Gasteiger charge is 2.35. The van der Waals surface area contributed by atoms with Gasteiger partial charge in [-0.15, -0.1) is 10.2 Å². The SMILES string of the molecule is Cc1cc(F)c(C2=C3C(=O)N=C(c4cccnc4)N=C3N=N2)cc1S(=O)CC(F)(F)F. The molecular weight excluding hydrogens is 438 g/mol. The third-order valence-corrected chi connectivity index (χ3v) is 5.84. The fraction of sp³-hybridized carbons (Fsp3) is 0.158. The molecule has 3 heterocycles. The van der Waals surface area contributed by atoms with E-state index in [1.165, 1.54) is 19.3 Å². The molecule has 2 aliphatic heterocycles. The number of azo groups is 1. The monoisotopic (exact) mass is 449 g/mol. The average molecular weight is 449 g/mol. The van der Waals surface area contributed by atoms with Gasteiger partial charge in [-0.1, -0.05) is 0 Å². The van der Waals surface area contributed by atoms with Crippen LogP contribution < -0.4 is 0 Å². The third-order valence-electron chi connectivity index (χ3n) is 4.32. The summed E-state index contributed by atoms with van der Waals surface area (Å²) in [6, 6.07) is 5.19. The fourth-order valence-electron chi connectivity index (χ4n) is 2.97. The van der Waals surface area contributed by atoms with Gasteiger partial charge >= 0.3 is 6.18 Å². The van der Waals surface area contributed by atoms with Crippen molar-refractivity contribution in [2.75, 3.05) is 5.75 Å². The molecule has 4 rings (SSSR count). The molecular formula is C19H11F4N5O2S. The van der Waals surface area contributed by atoms with Gasteiger partial charge in [0.15, 0.2) is 11.7 Å². The van der Waals surface area contributed by atoms with E-state index in [2.05, 4.69) is 25.2 Å². The molecule has 1 unspecified atom stereocenters. The lowest BCUT2D eigenvalue weighted by Gasteiger charge is -2.12. The summed E-state index contributed by atoms with van der Waals surface area (Å²) >= 11 is 0. The first-order valence-corrected chi connectivity index (χ1v) is 10.00. The highest BCUT2D eigenvalue weighted by molar-refractivity contribution is 7.85. The maximum Gasteiger partial charge on any atom is 0.400 e. The zero-order chi connectivity index (χ0) is 22.3. The van der Waals surface area contributed by atoms with E-state index in [4.69, 9.17) is 0 Å². The molecule has 0 bridgehead atoms. The highest BCUT2D eigenvalue weighted by atomic mass is 32.2. The molecule has 0 N–H and O–H groups in total. The Hall–Kier alpha value is -3.41. The lowest BCUT2D eigenvalue weighted by atomic mass is 10.0. The van der Waals surface area contributed by atoms with Crippen LogP contribution in [0.15, 0.2) is 67.3 Å². The summed E-state index contributed by atoms with van der Waals surface area (Å²) in [6.45, 7) is 1.34. The summed E-state index contributed by atoms with van der Waals surface area (Å²) < 4.78 is 64.8. The standard InChI is InChI=1S/C19H11F4N5O2S/c1-9-5-12(20)11(6-13(9)31(30)8-19(21,22)23)15-14-17(28-27-15)25-16(26-18(14)29)10-3-2-4-24-7-10/h2-7H,8H2,1H3. The Balaban J connectivity index is 1.77. The fourth-order valence-corrected chi connectivity index (χ4v) is 4.09. The first-order valence-electron chi connectivity index (χ1n) is 8.68. The molecule has 158 valence electrons. The van der Waals surface area contributed by atoms with Gasteiger partial charge in [-0.3, -0.25) is 14.0 Å². The molecule has 0 aliphatic carbocycles. The van der Waals surface area contributed by atoms with E-state index >= 15 is 0 Å². The van der Waals surface area contributed by atoms with Crippen LogP contribution in [0.5, 0.6) is 0 Å². The van der Waals surface area contributed by atoms with E-state index in [-0.39, 0.29) is 39.0 Å². The summed E-state index contributed by atoms with van der Waals surface area (Å²) in [7, 11) is -2.47. The number of amidine groups is 2. The van der Waals surface area contributed by atoms with Crippen molar-refractivity contribution in [3.63, 3.8) is 0 Å². The maximum absolute atomic E-state index is 14.7. The van der Waals surface area contributed by atoms with Crippen molar-refractivity contribution in [1.82, 2.24) is 4.98 Å². The lowest BCUT2D eigenvalue weighted by molar-refractivity contribution is -0.114. The first kappa shape index (κ1) is 20.8. The molecule has 1 aromatic heterocycles. The van der Waals surface area contributed by atoms with Crippen LogP contribution >= 0.6 is 0 Å². The molecule has 7 nitrogen and oxygen atoms in total. The molecule has 0 saturated heterocycles. The van der Waals surface area contributed by atoms with E-state index in [9.17, 15) is 26.6 Å². The van der Waals surface area contributed by atoms with Crippen molar-refractivity contribution in [1.29, 1.82) is 0 Å². The molecule has 1 atom stereocenters. The van der Waals surface area contributed by atoms with Gasteiger partial charge in [-0.05, 0) is 36.8 Å². The molecule has 31 heavy (non-hydrogen) atoms. The minimum atomic E-state index is -4.67. The number of aliphatic imine (C=N–C) groups is 2. The zero-order valence-electron chi connectivity index (χ0n) is 15.6. The minimum absolute atomic E-state index is 0.0494. The summed E-state index contributed by atoms with van der Waals surface area (Å²) in [6.07, 6.45) is -1.70. The smallest absolute Gasteiger partial charge is 0.266 e. The van der Waals surface area contributed by atoms with Crippen molar-refractivity contribution in [3.8, 4) is 0 Å². The van der Waals surface area contributed by atoms with Crippen molar-refractivity contribution >= 4 is 34.1 Å². The summed E-state index contributed by atoms with van der Waals surface area (Å²) in [5, 5.41) is 7.59. The van der Waals surface area contributed by atoms with Crippen molar-refractivity contribution in [2.45, 2.75) is 18.0 Å².